The average Bonchev–Trinajstić information content (AvgIpc) is 2.79. The number of unbranched alkanes of at least 4 members (excludes halogenated alkanes) is 1. The van der Waals surface area contributed by atoms with E-state index in [2.05, 4.69) is 22.7 Å². The van der Waals surface area contributed by atoms with E-state index in [9.17, 15) is 13.2 Å². The first kappa shape index (κ1) is 29.9. The lowest BCUT2D eigenvalue weighted by molar-refractivity contribution is 0.0978. The molecule has 0 bridgehead atoms. The van der Waals surface area contributed by atoms with Crippen LogP contribution in [-0.2, 0) is 16.4 Å². The Bertz CT molecular complexity index is 1030. The van der Waals surface area contributed by atoms with E-state index in [1.54, 1.807) is 27.0 Å². The van der Waals surface area contributed by atoms with Gasteiger partial charge in [0.2, 0.25) is 10.0 Å². The van der Waals surface area contributed by atoms with Crippen molar-refractivity contribution in [2.75, 3.05) is 34.4 Å². The Balaban J connectivity index is 0.00000578. The van der Waals surface area contributed by atoms with Gasteiger partial charge in [-0.05, 0) is 76.5 Å². The number of halogens is 1. The quantitative estimate of drug-likeness (QED) is 0.299. The zero-order chi connectivity index (χ0) is 24.4. The van der Waals surface area contributed by atoms with Gasteiger partial charge in [0.15, 0.2) is 5.78 Å². The first-order valence-corrected chi connectivity index (χ1v) is 12.7. The lowest BCUT2D eigenvalue weighted by Gasteiger charge is -2.17. The summed E-state index contributed by atoms with van der Waals surface area (Å²) < 4.78 is 38.4. The second-order valence-electron chi connectivity index (χ2n) is 8.39. The fraction of sp³-hybridized carbons (Fsp3) is 0.480. The summed E-state index contributed by atoms with van der Waals surface area (Å²) in [4.78, 5) is 14.9. The van der Waals surface area contributed by atoms with Crippen molar-refractivity contribution in [2.45, 2.75) is 50.5 Å². The van der Waals surface area contributed by atoms with E-state index in [0.29, 0.717) is 12.0 Å². The molecule has 2 aromatic rings. The van der Waals surface area contributed by atoms with Gasteiger partial charge < -0.3 is 14.4 Å². The van der Waals surface area contributed by atoms with Crippen LogP contribution >= 0.6 is 12.4 Å². The zero-order valence-electron chi connectivity index (χ0n) is 20.7. The van der Waals surface area contributed by atoms with E-state index >= 15 is 0 Å². The third-order valence-corrected chi connectivity index (χ3v) is 6.99. The molecule has 0 spiro atoms. The number of carbonyl (C=O) groups excluding carboxylic acids is 1. The van der Waals surface area contributed by atoms with E-state index in [-0.39, 0.29) is 34.9 Å². The Hall–Kier alpha value is -2.13. The number of ketones is 1. The van der Waals surface area contributed by atoms with Gasteiger partial charge in [-0.2, -0.15) is 0 Å². The molecule has 7 nitrogen and oxygen atoms in total. The number of rotatable bonds is 14. The molecule has 9 heteroatoms. The molecule has 1 N–H and O–H groups in total. The maximum absolute atomic E-state index is 12.7. The normalized spacial score (nSPS) is 11.4. The Kier molecular flexibility index (Phi) is 12.6. The predicted octanol–water partition coefficient (Wildman–Crippen LogP) is 4.34. The van der Waals surface area contributed by atoms with E-state index < -0.39 is 10.0 Å². The van der Waals surface area contributed by atoms with Crippen LogP contribution in [0.2, 0.25) is 0 Å². The van der Waals surface area contributed by atoms with Gasteiger partial charge in [0.1, 0.15) is 16.4 Å². The first-order chi connectivity index (χ1) is 15.7. The van der Waals surface area contributed by atoms with Crippen molar-refractivity contribution in [2.24, 2.45) is 0 Å². The number of ether oxygens (including phenoxy) is 2. The van der Waals surface area contributed by atoms with Crippen molar-refractivity contribution >= 4 is 28.2 Å². The summed E-state index contributed by atoms with van der Waals surface area (Å²) in [5, 5.41) is 0. The fourth-order valence-electron chi connectivity index (χ4n) is 3.58. The molecule has 0 heterocycles. The van der Waals surface area contributed by atoms with Gasteiger partial charge in [-0.15, -0.1) is 12.4 Å². The molecule has 0 saturated carbocycles. The maximum Gasteiger partial charge on any atom is 0.244 e. The molecule has 0 aliphatic carbocycles. The van der Waals surface area contributed by atoms with Crippen molar-refractivity contribution in [1.29, 1.82) is 0 Å². The Labute approximate surface area is 210 Å². The summed E-state index contributed by atoms with van der Waals surface area (Å²) in [7, 11) is 1.39. The highest BCUT2D eigenvalue weighted by molar-refractivity contribution is 7.89. The van der Waals surface area contributed by atoms with Crippen LogP contribution in [0.15, 0.2) is 47.4 Å². The van der Waals surface area contributed by atoms with Crippen molar-refractivity contribution in [1.82, 2.24) is 9.62 Å². The van der Waals surface area contributed by atoms with Crippen molar-refractivity contribution in [3.8, 4) is 11.5 Å². The summed E-state index contributed by atoms with van der Waals surface area (Å²) in [6.45, 7) is 5.26. The molecule has 0 unspecified atom stereocenters. The Morgan fingerprint density at radius 1 is 1.00 bits per heavy atom. The summed E-state index contributed by atoms with van der Waals surface area (Å²) in [6, 6.07) is 12.3. The molecule has 2 rings (SSSR count). The van der Waals surface area contributed by atoms with Gasteiger partial charge in [-0.3, -0.25) is 4.79 Å². The van der Waals surface area contributed by atoms with Gasteiger partial charge in [-0.25, -0.2) is 13.1 Å². The van der Waals surface area contributed by atoms with Crippen molar-refractivity contribution in [3.05, 3.63) is 53.6 Å². The second kappa shape index (κ2) is 14.3. The van der Waals surface area contributed by atoms with Gasteiger partial charge in [-0.1, -0.05) is 18.2 Å². The van der Waals surface area contributed by atoms with Crippen molar-refractivity contribution in [3.63, 3.8) is 0 Å². The molecule has 0 saturated heterocycles. The molecule has 2 aromatic carbocycles. The lowest BCUT2D eigenvalue weighted by Crippen LogP contribution is -2.30. The lowest BCUT2D eigenvalue weighted by atomic mass is 10.1. The molecular formula is C25H37ClN2O5S. The van der Waals surface area contributed by atoms with Crippen molar-refractivity contribution < 1.29 is 22.7 Å². The number of Topliss-reactive ketones (excluding diaryl/α,β-unsaturated/α-hetero) is 1. The van der Waals surface area contributed by atoms with Crippen LogP contribution in [-0.4, -0.2) is 59.5 Å². The number of nitrogens with one attached hydrogen (secondary N) is 1. The van der Waals surface area contributed by atoms with Gasteiger partial charge >= 0.3 is 0 Å². The minimum absolute atomic E-state index is 0. The minimum Gasteiger partial charge on any atom is -0.496 e. The van der Waals surface area contributed by atoms with E-state index in [0.717, 1.165) is 38.1 Å². The number of carbonyl (C=O) groups is 1. The molecule has 0 aromatic heterocycles. The second-order valence-corrected chi connectivity index (χ2v) is 10.1. The zero-order valence-corrected chi connectivity index (χ0v) is 22.3. The molecule has 0 fully saturated rings. The smallest absolute Gasteiger partial charge is 0.244 e. The molecule has 0 aliphatic heterocycles. The predicted molar refractivity (Wildman–Crippen MR) is 138 cm³/mol. The molecule has 190 valence electrons. The number of nitrogens with zero attached hydrogens (tertiary/aromatic N) is 1. The van der Waals surface area contributed by atoms with Crippen LogP contribution in [0.3, 0.4) is 0 Å². The van der Waals surface area contributed by atoms with Crippen LogP contribution in [0.5, 0.6) is 11.5 Å². The SMILES string of the molecule is COc1ccccc1CCN(C)CCCCC(=O)c1ccc(OC)c(S(=O)(=O)NC(C)C)c1.Cl. The summed E-state index contributed by atoms with van der Waals surface area (Å²) in [5.41, 5.74) is 1.56. The highest BCUT2D eigenvalue weighted by Crippen LogP contribution is 2.26. The van der Waals surface area contributed by atoms with Gasteiger partial charge in [0, 0.05) is 24.6 Å². The van der Waals surface area contributed by atoms with E-state index in [4.69, 9.17) is 9.47 Å². The van der Waals surface area contributed by atoms with E-state index in [1.807, 2.05) is 18.2 Å². The number of hydrogen-bond donors (Lipinski definition) is 1. The number of likely N-dealkylation sites (N-methyl/N-ethyl adjacent to an activating group) is 1. The van der Waals surface area contributed by atoms with Crippen LogP contribution in [0.4, 0.5) is 0 Å². The van der Waals surface area contributed by atoms with E-state index in [1.165, 1.54) is 24.8 Å². The molecule has 0 aliphatic rings. The average molecular weight is 513 g/mol. The third-order valence-electron chi connectivity index (χ3n) is 5.32. The summed E-state index contributed by atoms with van der Waals surface area (Å²) in [6.07, 6.45) is 2.87. The summed E-state index contributed by atoms with van der Waals surface area (Å²) >= 11 is 0. The first-order valence-electron chi connectivity index (χ1n) is 11.2. The van der Waals surface area contributed by atoms with Gasteiger partial charge in [0.25, 0.3) is 0 Å². The molecule has 0 amide bonds. The monoisotopic (exact) mass is 512 g/mol. The van der Waals surface area contributed by atoms with Gasteiger partial charge in [0.05, 0.1) is 14.2 Å². The molecular weight excluding hydrogens is 476 g/mol. The Morgan fingerprint density at radius 3 is 2.32 bits per heavy atom. The highest BCUT2D eigenvalue weighted by Gasteiger charge is 2.22. The standard InChI is InChI=1S/C25H36N2O5S.ClH/c1-19(2)26-33(29,30)25-18-21(13-14-24(25)32-5)22(28)11-8-9-16-27(3)17-15-20-10-6-7-12-23(20)31-4;/h6-7,10,12-14,18-19,26H,8-9,11,15-17H2,1-5H3;1H. The largest absolute Gasteiger partial charge is 0.496 e. The van der Waals surface area contributed by atoms with Crippen LogP contribution in [0, 0.1) is 0 Å². The maximum atomic E-state index is 12.7. The number of para-hydroxylation sites is 1. The van der Waals surface area contributed by atoms with Crippen LogP contribution in [0.1, 0.15) is 49.0 Å². The molecule has 34 heavy (non-hydrogen) atoms. The fourth-order valence-corrected chi connectivity index (χ4v) is 5.02. The number of benzene rings is 2. The minimum atomic E-state index is -3.77. The van der Waals surface area contributed by atoms with Crippen LogP contribution in [0.25, 0.3) is 0 Å². The number of hydrogen-bond acceptors (Lipinski definition) is 6. The Morgan fingerprint density at radius 2 is 1.68 bits per heavy atom. The summed E-state index contributed by atoms with van der Waals surface area (Å²) in [5.74, 6) is 1.05. The number of sulfonamides is 1. The molecule has 0 atom stereocenters. The highest BCUT2D eigenvalue weighted by atomic mass is 35.5. The van der Waals surface area contributed by atoms with Crippen LogP contribution < -0.4 is 14.2 Å². The topological polar surface area (TPSA) is 84.9 Å². The third kappa shape index (κ3) is 8.91. The number of methoxy groups -OCH3 is 2. The molecule has 0 radical (unpaired) electrons.